The first-order valence-corrected chi connectivity index (χ1v) is 7.47. The summed E-state index contributed by atoms with van der Waals surface area (Å²) in [5.74, 6) is 0.271. The van der Waals surface area contributed by atoms with Crippen LogP contribution in [0, 0.1) is 0 Å². The van der Waals surface area contributed by atoms with Crippen LogP contribution in [0.25, 0.3) is 0 Å². The van der Waals surface area contributed by atoms with Crippen LogP contribution >= 0.6 is 27.5 Å². The maximum Gasteiger partial charge on any atom is 0.256 e. The highest BCUT2D eigenvalue weighted by molar-refractivity contribution is 9.10. The average Bonchev–Trinajstić information content (AvgIpc) is 2.45. The summed E-state index contributed by atoms with van der Waals surface area (Å²) in [7, 11) is 0. The van der Waals surface area contributed by atoms with Crippen molar-refractivity contribution < 1.29 is 9.53 Å². The number of hydrogen-bond acceptors (Lipinski definition) is 3. The minimum atomic E-state index is -0.294. The van der Waals surface area contributed by atoms with E-state index in [4.69, 9.17) is 22.1 Å². The summed E-state index contributed by atoms with van der Waals surface area (Å²) in [6, 6.07) is 10.2. The van der Waals surface area contributed by atoms with E-state index in [2.05, 4.69) is 21.2 Å². The number of nitrogens with one attached hydrogen (secondary N) is 1. The van der Waals surface area contributed by atoms with Crippen molar-refractivity contribution in [2.45, 2.75) is 6.92 Å². The molecule has 6 heteroatoms. The van der Waals surface area contributed by atoms with Crippen LogP contribution in [0.4, 0.5) is 11.4 Å². The quantitative estimate of drug-likeness (QED) is 0.788. The van der Waals surface area contributed by atoms with Crippen LogP contribution < -0.4 is 15.8 Å². The monoisotopic (exact) mass is 368 g/mol. The molecular formula is C15H14BrClN2O2. The summed E-state index contributed by atoms with van der Waals surface area (Å²) in [6.07, 6.45) is 0. The molecular weight excluding hydrogens is 356 g/mol. The van der Waals surface area contributed by atoms with Gasteiger partial charge in [0.05, 0.1) is 22.3 Å². The summed E-state index contributed by atoms with van der Waals surface area (Å²) >= 11 is 9.28. The lowest BCUT2D eigenvalue weighted by Gasteiger charge is -2.13. The van der Waals surface area contributed by atoms with Gasteiger partial charge in [0.15, 0.2) is 0 Å². The largest absolute Gasteiger partial charge is 0.492 e. The number of nitrogens with two attached hydrogens (primary N) is 1. The molecule has 0 spiro atoms. The molecule has 0 atom stereocenters. The first-order valence-electron chi connectivity index (χ1n) is 6.30. The molecule has 3 N–H and O–H groups in total. The van der Waals surface area contributed by atoms with Crippen LogP contribution in [0.1, 0.15) is 17.3 Å². The molecule has 2 aromatic rings. The molecule has 2 rings (SSSR count). The molecule has 21 heavy (non-hydrogen) atoms. The van der Waals surface area contributed by atoms with Crippen molar-refractivity contribution in [2.24, 2.45) is 0 Å². The van der Waals surface area contributed by atoms with E-state index < -0.39 is 0 Å². The topological polar surface area (TPSA) is 64.3 Å². The van der Waals surface area contributed by atoms with E-state index >= 15 is 0 Å². The van der Waals surface area contributed by atoms with Crippen LogP contribution in [0.5, 0.6) is 5.75 Å². The Morgan fingerprint density at radius 1 is 1.38 bits per heavy atom. The van der Waals surface area contributed by atoms with E-state index in [0.717, 1.165) is 0 Å². The predicted molar refractivity (Wildman–Crippen MR) is 89.1 cm³/mol. The number of hydrogen-bond donors (Lipinski definition) is 2. The first-order chi connectivity index (χ1) is 10.0. The standard InChI is InChI=1S/C15H14BrClN2O2/c1-2-21-13-7-6-9(17)8-12(13)19-15(20)10-4-3-5-11(18)14(10)16/h3-8H,2,18H2,1H3,(H,19,20). The van der Waals surface area contributed by atoms with E-state index in [0.29, 0.717) is 38.8 Å². The second-order valence-corrected chi connectivity index (χ2v) is 5.47. The van der Waals surface area contributed by atoms with Gasteiger partial charge in [0, 0.05) is 10.7 Å². The van der Waals surface area contributed by atoms with Gasteiger partial charge in [-0.1, -0.05) is 17.7 Å². The Balaban J connectivity index is 2.31. The normalized spacial score (nSPS) is 10.2. The lowest BCUT2D eigenvalue weighted by molar-refractivity contribution is 0.102. The Hall–Kier alpha value is -1.72. The summed E-state index contributed by atoms with van der Waals surface area (Å²) < 4.78 is 6.03. The third-order valence-corrected chi connectivity index (χ3v) is 3.88. The van der Waals surface area contributed by atoms with Gasteiger partial charge in [-0.25, -0.2) is 0 Å². The summed E-state index contributed by atoms with van der Waals surface area (Å²) in [4.78, 5) is 12.4. The smallest absolute Gasteiger partial charge is 0.256 e. The van der Waals surface area contributed by atoms with Crippen molar-refractivity contribution in [1.29, 1.82) is 0 Å². The number of amides is 1. The molecule has 1 amide bonds. The van der Waals surface area contributed by atoms with Crippen LogP contribution in [0.3, 0.4) is 0 Å². The molecule has 0 saturated carbocycles. The number of rotatable bonds is 4. The molecule has 0 unspecified atom stereocenters. The van der Waals surface area contributed by atoms with Gasteiger partial charge < -0.3 is 15.8 Å². The zero-order valence-corrected chi connectivity index (χ0v) is 13.7. The lowest BCUT2D eigenvalue weighted by atomic mass is 10.2. The molecule has 0 heterocycles. The fourth-order valence-electron chi connectivity index (χ4n) is 1.80. The van der Waals surface area contributed by atoms with Gasteiger partial charge in [0.2, 0.25) is 0 Å². The Bertz CT molecular complexity index is 677. The van der Waals surface area contributed by atoms with Gasteiger partial charge in [-0.15, -0.1) is 0 Å². The molecule has 0 fully saturated rings. The van der Waals surface area contributed by atoms with Gasteiger partial charge in [-0.3, -0.25) is 4.79 Å². The Morgan fingerprint density at radius 3 is 2.86 bits per heavy atom. The van der Waals surface area contributed by atoms with Crippen LogP contribution in [0.15, 0.2) is 40.9 Å². The van der Waals surface area contributed by atoms with Crippen molar-refractivity contribution in [3.63, 3.8) is 0 Å². The van der Waals surface area contributed by atoms with E-state index in [1.54, 1.807) is 36.4 Å². The molecule has 0 saturated heterocycles. The molecule has 0 aliphatic heterocycles. The van der Waals surface area contributed by atoms with Gasteiger partial charge in [-0.2, -0.15) is 0 Å². The molecule has 0 aromatic heterocycles. The highest BCUT2D eigenvalue weighted by Gasteiger charge is 2.14. The predicted octanol–water partition coefficient (Wildman–Crippen LogP) is 4.34. The molecule has 0 aliphatic carbocycles. The molecule has 2 aromatic carbocycles. The summed E-state index contributed by atoms with van der Waals surface area (Å²) in [6.45, 7) is 2.36. The Morgan fingerprint density at radius 2 is 2.14 bits per heavy atom. The molecule has 0 bridgehead atoms. The number of anilines is 2. The number of nitrogen functional groups attached to an aromatic ring is 1. The maximum absolute atomic E-state index is 12.4. The lowest BCUT2D eigenvalue weighted by Crippen LogP contribution is -2.14. The fourth-order valence-corrected chi connectivity index (χ4v) is 2.41. The van der Waals surface area contributed by atoms with E-state index in [1.807, 2.05) is 6.92 Å². The van der Waals surface area contributed by atoms with Crippen molar-refractivity contribution in [2.75, 3.05) is 17.7 Å². The van der Waals surface area contributed by atoms with Crippen molar-refractivity contribution in [1.82, 2.24) is 0 Å². The highest BCUT2D eigenvalue weighted by atomic mass is 79.9. The minimum absolute atomic E-state index is 0.294. The van der Waals surface area contributed by atoms with Gasteiger partial charge >= 0.3 is 0 Å². The minimum Gasteiger partial charge on any atom is -0.492 e. The third-order valence-electron chi connectivity index (χ3n) is 2.76. The Labute approximate surface area is 136 Å². The maximum atomic E-state index is 12.4. The van der Waals surface area contributed by atoms with Gasteiger partial charge in [-0.05, 0) is 53.2 Å². The zero-order chi connectivity index (χ0) is 15.4. The summed E-state index contributed by atoms with van der Waals surface area (Å²) in [5.41, 5.74) is 7.24. The van der Waals surface area contributed by atoms with Crippen molar-refractivity contribution in [3.05, 3.63) is 51.5 Å². The second-order valence-electron chi connectivity index (χ2n) is 4.24. The van der Waals surface area contributed by atoms with Gasteiger partial charge in [0.1, 0.15) is 5.75 Å². The Kier molecular flexibility index (Phi) is 5.09. The SMILES string of the molecule is CCOc1ccc(Cl)cc1NC(=O)c1cccc(N)c1Br. The van der Waals surface area contributed by atoms with Crippen molar-refractivity contribution in [3.8, 4) is 5.75 Å². The highest BCUT2D eigenvalue weighted by Crippen LogP contribution is 2.30. The summed E-state index contributed by atoms with van der Waals surface area (Å²) in [5, 5.41) is 3.30. The number of carbonyl (C=O) groups excluding carboxylic acids is 1. The first kappa shape index (κ1) is 15.7. The number of ether oxygens (including phenoxy) is 1. The fraction of sp³-hybridized carbons (Fsp3) is 0.133. The molecule has 110 valence electrons. The van der Waals surface area contributed by atoms with Gasteiger partial charge in [0.25, 0.3) is 5.91 Å². The van der Waals surface area contributed by atoms with Crippen LogP contribution in [-0.4, -0.2) is 12.5 Å². The van der Waals surface area contributed by atoms with E-state index in [-0.39, 0.29) is 5.91 Å². The number of carbonyl (C=O) groups is 1. The number of halogens is 2. The van der Waals surface area contributed by atoms with E-state index in [1.165, 1.54) is 0 Å². The third kappa shape index (κ3) is 3.68. The number of benzene rings is 2. The van der Waals surface area contributed by atoms with Crippen molar-refractivity contribution >= 4 is 44.8 Å². The van der Waals surface area contributed by atoms with E-state index in [9.17, 15) is 4.79 Å². The van der Waals surface area contributed by atoms with Crippen LogP contribution in [0.2, 0.25) is 5.02 Å². The second kappa shape index (κ2) is 6.83. The molecule has 0 radical (unpaired) electrons. The average molecular weight is 370 g/mol. The zero-order valence-electron chi connectivity index (χ0n) is 11.3. The molecule has 0 aliphatic rings. The molecule has 4 nitrogen and oxygen atoms in total. The van der Waals surface area contributed by atoms with Crippen LogP contribution in [-0.2, 0) is 0 Å².